The van der Waals surface area contributed by atoms with Gasteiger partial charge in [-0.05, 0) is 19.3 Å². The Morgan fingerprint density at radius 3 is 2.80 bits per heavy atom. The molecule has 0 radical (unpaired) electrons. The van der Waals surface area contributed by atoms with E-state index in [4.69, 9.17) is 0 Å². The molecule has 0 aromatic heterocycles. The van der Waals surface area contributed by atoms with Crippen molar-refractivity contribution in [2.24, 2.45) is 0 Å². The number of fused-ring (bicyclic) bond motifs is 1. The second-order valence-corrected chi connectivity index (χ2v) is 5.85. The van der Waals surface area contributed by atoms with Crippen LogP contribution in [0.25, 0.3) is 0 Å². The molecule has 0 aromatic rings. The van der Waals surface area contributed by atoms with Crippen LogP contribution < -0.4 is 10.6 Å². The number of β-lactam (4-membered cyclic amide) rings is 1. The van der Waals surface area contributed by atoms with Gasteiger partial charge >= 0.3 is 12.0 Å². The number of rotatable bonds is 6. The van der Waals surface area contributed by atoms with Gasteiger partial charge in [0.15, 0.2) is 0 Å². The van der Waals surface area contributed by atoms with E-state index in [1.807, 2.05) is 0 Å². The second-order valence-electron chi connectivity index (χ2n) is 4.58. The normalized spacial score (nSPS) is 20.6. The Bertz CT molecular complexity index is 477. The summed E-state index contributed by atoms with van der Waals surface area (Å²) in [5.74, 6) is -1.15. The number of unbranched alkanes of at least 4 members (excludes halogenated alkanes) is 1. The van der Waals surface area contributed by atoms with Gasteiger partial charge in [-0.15, -0.1) is 11.8 Å². The Hall–Kier alpha value is -1.70. The van der Waals surface area contributed by atoms with Crippen molar-refractivity contribution in [2.75, 3.05) is 13.6 Å². The van der Waals surface area contributed by atoms with Crippen LogP contribution in [0, 0.1) is 0 Å². The van der Waals surface area contributed by atoms with E-state index >= 15 is 0 Å². The lowest BCUT2D eigenvalue weighted by Gasteiger charge is -2.33. The van der Waals surface area contributed by atoms with Gasteiger partial charge < -0.3 is 15.7 Å². The van der Waals surface area contributed by atoms with E-state index < -0.39 is 5.97 Å². The summed E-state index contributed by atoms with van der Waals surface area (Å²) in [7, 11) is 1.55. The molecule has 3 N–H and O–H groups in total. The van der Waals surface area contributed by atoms with E-state index in [-0.39, 0.29) is 23.0 Å². The molecule has 2 rings (SSSR count). The number of aliphatic carboxylic acids is 1. The van der Waals surface area contributed by atoms with Crippen molar-refractivity contribution in [1.29, 1.82) is 0 Å². The lowest BCUT2D eigenvalue weighted by molar-refractivity contribution is -0.145. The SMILES string of the molecule is CNC(=O)NCCCCC1=C(C(=O)O)N2C(=O)C[C@H]2S1. The van der Waals surface area contributed by atoms with Crippen molar-refractivity contribution in [3.8, 4) is 0 Å². The van der Waals surface area contributed by atoms with Gasteiger partial charge in [-0.2, -0.15) is 0 Å². The number of carbonyl (C=O) groups excluding carboxylic acids is 2. The molecule has 0 bridgehead atoms. The highest BCUT2D eigenvalue weighted by atomic mass is 32.2. The number of thioether (sulfide) groups is 1. The van der Waals surface area contributed by atoms with Crippen molar-refractivity contribution in [2.45, 2.75) is 31.1 Å². The third-order valence-corrected chi connectivity index (χ3v) is 4.57. The molecule has 0 aliphatic carbocycles. The fourth-order valence-corrected chi connectivity index (χ4v) is 3.65. The maximum absolute atomic E-state index is 11.4. The molecule has 1 atom stereocenters. The van der Waals surface area contributed by atoms with Gasteiger partial charge in [-0.25, -0.2) is 9.59 Å². The minimum absolute atomic E-state index is 0.0207. The van der Waals surface area contributed by atoms with Crippen LogP contribution in [0.1, 0.15) is 25.7 Å². The molecule has 2 aliphatic rings. The van der Waals surface area contributed by atoms with Crippen LogP contribution in [0.15, 0.2) is 10.6 Å². The number of carboxylic acid groups (broad SMARTS) is 1. The zero-order valence-electron chi connectivity index (χ0n) is 11.1. The topological polar surface area (TPSA) is 98.7 Å². The number of hydrogen-bond donors (Lipinski definition) is 3. The van der Waals surface area contributed by atoms with Gasteiger partial charge in [0, 0.05) is 18.5 Å². The van der Waals surface area contributed by atoms with Crippen LogP contribution in [0.3, 0.4) is 0 Å². The Kier molecular flexibility index (Phi) is 4.53. The number of carbonyl (C=O) groups is 3. The smallest absolute Gasteiger partial charge is 0.353 e. The largest absolute Gasteiger partial charge is 0.477 e. The predicted molar refractivity (Wildman–Crippen MR) is 73.8 cm³/mol. The van der Waals surface area contributed by atoms with E-state index in [0.717, 1.165) is 17.7 Å². The van der Waals surface area contributed by atoms with Crippen LogP contribution >= 0.6 is 11.8 Å². The minimum atomic E-state index is -1.04. The first-order valence-corrected chi connectivity index (χ1v) is 7.33. The van der Waals surface area contributed by atoms with E-state index in [0.29, 0.717) is 19.4 Å². The summed E-state index contributed by atoms with van der Waals surface area (Å²) in [5.41, 5.74) is 0.149. The number of nitrogens with one attached hydrogen (secondary N) is 2. The van der Waals surface area contributed by atoms with Crippen LogP contribution in [-0.2, 0) is 9.59 Å². The van der Waals surface area contributed by atoms with Crippen molar-refractivity contribution in [3.05, 3.63) is 10.6 Å². The molecule has 3 amide bonds. The summed E-state index contributed by atoms with van der Waals surface area (Å²) in [6, 6.07) is -0.222. The molecule has 2 aliphatic heterocycles. The number of allylic oxidation sites excluding steroid dienone is 1. The molecule has 0 aromatic carbocycles. The van der Waals surface area contributed by atoms with Gasteiger partial charge in [-0.3, -0.25) is 9.69 Å². The Balaban J connectivity index is 1.82. The van der Waals surface area contributed by atoms with Gasteiger partial charge in [0.2, 0.25) is 5.91 Å². The molecule has 0 saturated carbocycles. The molecule has 20 heavy (non-hydrogen) atoms. The van der Waals surface area contributed by atoms with Gasteiger partial charge in [0.05, 0.1) is 11.8 Å². The average molecular weight is 299 g/mol. The summed E-state index contributed by atoms with van der Waals surface area (Å²) >= 11 is 1.47. The Morgan fingerprint density at radius 2 is 2.20 bits per heavy atom. The maximum Gasteiger partial charge on any atom is 0.353 e. The number of amides is 3. The van der Waals surface area contributed by atoms with E-state index in [2.05, 4.69) is 10.6 Å². The van der Waals surface area contributed by atoms with Gasteiger partial charge in [-0.1, -0.05) is 0 Å². The zero-order valence-corrected chi connectivity index (χ0v) is 12.0. The first-order valence-electron chi connectivity index (χ1n) is 6.45. The predicted octanol–water partition coefficient (Wildman–Crippen LogP) is 0.687. The van der Waals surface area contributed by atoms with E-state index in [1.165, 1.54) is 16.7 Å². The molecule has 0 unspecified atom stereocenters. The van der Waals surface area contributed by atoms with Gasteiger partial charge in [0.1, 0.15) is 5.70 Å². The van der Waals surface area contributed by atoms with Crippen molar-refractivity contribution in [1.82, 2.24) is 15.5 Å². The Morgan fingerprint density at radius 1 is 1.45 bits per heavy atom. The number of urea groups is 1. The monoisotopic (exact) mass is 299 g/mol. The molecular weight excluding hydrogens is 282 g/mol. The highest BCUT2D eigenvalue weighted by Gasteiger charge is 2.47. The molecule has 7 nitrogen and oxygen atoms in total. The third kappa shape index (κ3) is 2.90. The summed E-state index contributed by atoms with van der Waals surface area (Å²) in [6.07, 6.45) is 2.59. The minimum Gasteiger partial charge on any atom is -0.477 e. The fraction of sp³-hybridized carbons (Fsp3) is 0.583. The van der Waals surface area contributed by atoms with Crippen LogP contribution in [0.2, 0.25) is 0 Å². The molecule has 8 heteroatoms. The van der Waals surface area contributed by atoms with Crippen LogP contribution in [0.4, 0.5) is 4.79 Å². The standard InChI is InChI=1S/C12H17N3O4S/c1-13-12(19)14-5-3-2-4-7-10(11(17)18)15-8(16)6-9(15)20-7/h9H,2-6H2,1H3,(H,17,18)(H2,13,14,19)/t9-/m1/s1. The first-order chi connectivity index (χ1) is 9.54. The third-order valence-electron chi connectivity index (χ3n) is 3.24. The van der Waals surface area contributed by atoms with Crippen molar-refractivity contribution >= 4 is 29.7 Å². The number of carboxylic acids is 1. The van der Waals surface area contributed by atoms with E-state index in [9.17, 15) is 19.5 Å². The summed E-state index contributed by atoms with van der Waals surface area (Å²) < 4.78 is 0. The molecule has 2 heterocycles. The quantitative estimate of drug-likeness (QED) is 0.495. The van der Waals surface area contributed by atoms with Crippen LogP contribution in [0.5, 0.6) is 0 Å². The fourth-order valence-electron chi connectivity index (χ4n) is 2.21. The van der Waals surface area contributed by atoms with Crippen molar-refractivity contribution in [3.63, 3.8) is 0 Å². The lowest BCUT2D eigenvalue weighted by atomic mass is 10.1. The van der Waals surface area contributed by atoms with Crippen LogP contribution in [-0.4, -0.2) is 46.9 Å². The summed E-state index contributed by atoms with van der Waals surface area (Å²) in [5, 5.41) is 14.3. The number of hydrogen-bond acceptors (Lipinski definition) is 4. The van der Waals surface area contributed by atoms with Gasteiger partial charge in [0.25, 0.3) is 0 Å². The Labute approximate surface area is 120 Å². The van der Waals surface area contributed by atoms with Crippen molar-refractivity contribution < 1.29 is 19.5 Å². The highest BCUT2D eigenvalue weighted by Crippen LogP contribution is 2.47. The molecule has 1 fully saturated rings. The molecule has 0 spiro atoms. The zero-order chi connectivity index (χ0) is 14.7. The van der Waals surface area contributed by atoms with E-state index in [1.54, 1.807) is 7.05 Å². The summed E-state index contributed by atoms with van der Waals surface area (Å²) in [6.45, 7) is 0.548. The summed E-state index contributed by atoms with van der Waals surface area (Å²) in [4.78, 5) is 35.7. The number of nitrogens with zero attached hydrogens (tertiary/aromatic N) is 1. The highest BCUT2D eigenvalue weighted by molar-refractivity contribution is 8.04. The second kappa shape index (κ2) is 6.17. The molecule has 110 valence electrons. The maximum atomic E-state index is 11.4. The lowest BCUT2D eigenvalue weighted by Crippen LogP contribution is -2.48. The first kappa shape index (κ1) is 14.7. The molecule has 1 saturated heterocycles. The molecular formula is C12H17N3O4S. The average Bonchev–Trinajstić information content (AvgIpc) is 2.70.